The zero-order valence-electron chi connectivity index (χ0n) is 12.2. The molecule has 0 radical (unpaired) electrons. The summed E-state index contributed by atoms with van der Waals surface area (Å²) < 4.78 is 5.37. The number of Topliss-reactive ketones (excluding diaryl/α,β-unsaturated/α-hetero) is 1. The fraction of sp³-hybridized carbons (Fsp3) is 0.800. The van der Waals surface area contributed by atoms with E-state index in [0.29, 0.717) is 25.3 Å². The first-order chi connectivity index (χ1) is 10.1. The largest absolute Gasteiger partial charge is 0.367 e. The molecular weight excluding hydrogens is 272 g/mol. The van der Waals surface area contributed by atoms with Gasteiger partial charge in [0, 0.05) is 13.0 Å². The number of ether oxygens (including phenoxy) is 1. The van der Waals surface area contributed by atoms with Crippen molar-refractivity contribution in [2.45, 2.75) is 56.6 Å². The molecule has 1 aliphatic carbocycles. The van der Waals surface area contributed by atoms with Crippen molar-refractivity contribution in [2.75, 3.05) is 13.2 Å². The maximum Gasteiger partial charge on any atom is 0.254 e. The van der Waals surface area contributed by atoms with Gasteiger partial charge in [-0.25, -0.2) is 0 Å². The predicted octanol–water partition coefficient (Wildman–Crippen LogP) is 0.381. The minimum absolute atomic E-state index is 0.125. The second-order valence-electron chi connectivity index (χ2n) is 6.38. The van der Waals surface area contributed by atoms with Crippen LogP contribution in [0.3, 0.4) is 0 Å². The summed E-state index contributed by atoms with van der Waals surface area (Å²) >= 11 is 0. The molecular formula is C15H22N2O4. The lowest BCUT2D eigenvalue weighted by Gasteiger charge is -2.33. The fourth-order valence-electron chi connectivity index (χ4n) is 4.14. The summed E-state index contributed by atoms with van der Waals surface area (Å²) in [5.74, 6) is -0.650. The van der Waals surface area contributed by atoms with Crippen LogP contribution in [0.4, 0.5) is 0 Å². The highest BCUT2D eigenvalue weighted by atomic mass is 16.5. The van der Waals surface area contributed by atoms with Crippen LogP contribution in [0.2, 0.25) is 0 Å². The average Bonchev–Trinajstić information content (AvgIpc) is 3.13. The number of fused-ring (bicyclic) bond motifs is 1. The van der Waals surface area contributed by atoms with E-state index in [1.807, 2.05) is 0 Å². The van der Waals surface area contributed by atoms with E-state index in [0.717, 1.165) is 6.42 Å². The number of hydrogen-bond acceptors (Lipinski definition) is 4. The van der Waals surface area contributed by atoms with Gasteiger partial charge >= 0.3 is 0 Å². The van der Waals surface area contributed by atoms with E-state index >= 15 is 0 Å². The summed E-state index contributed by atoms with van der Waals surface area (Å²) in [6, 6.07) is 0. The molecule has 3 rings (SSSR count). The van der Waals surface area contributed by atoms with E-state index in [9.17, 15) is 14.4 Å². The molecule has 2 saturated heterocycles. The average molecular weight is 294 g/mol. The molecule has 2 heterocycles. The van der Waals surface area contributed by atoms with Crippen LogP contribution < -0.4 is 5.73 Å². The lowest BCUT2D eigenvalue weighted by molar-refractivity contribution is -0.150. The van der Waals surface area contributed by atoms with Gasteiger partial charge in [0.05, 0.1) is 6.10 Å². The van der Waals surface area contributed by atoms with E-state index in [1.165, 1.54) is 30.6 Å². The molecule has 0 spiro atoms. The smallest absolute Gasteiger partial charge is 0.254 e. The van der Waals surface area contributed by atoms with Gasteiger partial charge in [0.15, 0.2) is 5.78 Å². The third-order valence-corrected chi connectivity index (χ3v) is 5.27. The van der Waals surface area contributed by atoms with Gasteiger partial charge in [-0.05, 0) is 18.8 Å². The Hall–Kier alpha value is -1.43. The molecule has 1 unspecified atom stereocenters. The standard InChI is InChI=1S/C15H22N2O4/c16-14(20)15-11(18)9-21-12(15)7-8-17(15)13(19)6-5-10-3-1-2-4-10/h10,12H,1-9H2,(H2,16,20)/t12-,15?/m0/s1. The molecule has 3 aliphatic rings. The summed E-state index contributed by atoms with van der Waals surface area (Å²) in [6.45, 7) is 0.253. The zero-order chi connectivity index (χ0) is 15.0. The highest BCUT2D eigenvalue weighted by Crippen LogP contribution is 2.38. The Bertz CT molecular complexity index is 472. The molecule has 0 aromatic heterocycles. The van der Waals surface area contributed by atoms with E-state index in [-0.39, 0.29) is 18.3 Å². The molecule has 0 bridgehead atoms. The van der Waals surface area contributed by atoms with Gasteiger partial charge in [0.2, 0.25) is 11.4 Å². The van der Waals surface area contributed by atoms with Gasteiger partial charge in [-0.15, -0.1) is 0 Å². The van der Waals surface area contributed by atoms with Crippen molar-refractivity contribution < 1.29 is 19.1 Å². The number of hydrogen-bond donors (Lipinski definition) is 1. The van der Waals surface area contributed by atoms with Crippen molar-refractivity contribution >= 4 is 17.6 Å². The maximum absolute atomic E-state index is 12.5. The fourth-order valence-corrected chi connectivity index (χ4v) is 4.14. The quantitative estimate of drug-likeness (QED) is 0.759. The van der Waals surface area contributed by atoms with Crippen LogP contribution in [0.5, 0.6) is 0 Å². The minimum Gasteiger partial charge on any atom is -0.367 e. The normalized spacial score (nSPS) is 32.7. The number of carbonyl (C=O) groups excluding carboxylic acids is 3. The van der Waals surface area contributed by atoms with Crippen molar-refractivity contribution in [1.82, 2.24) is 4.90 Å². The van der Waals surface area contributed by atoms with Crippen LogP contribution in [0.25, 0.3) is 0 Å². The summed E-state index contributed by atoms with van der Waals surface area (Å²) in [4.78, 5) is 38.0. The van der Waals surface area contributed by atoms with Gasteiger partial charge in [0.25, 0.3) is 5.91 Å². The molecule has 2 aliphatic heterocycles. The number of nitrogens with two attached hydrogens (primary N) is 1. The van der Waals surface area contributed by atoms with E-state index in [1.54, 1.807) is 0 Å². The molecule has 2 amide bonds. The Morgan fingerprint density at radius 3 is 2.67 bits per heavy atom. The number of primary amides is 1. The van der Waals surface area contributed by atoms with Crippen LogP contribution in [0.15, 0.2) is 0 Å². The van der Waals surface area contributed by atoms with Crippen molar-refractivity contribution in [3.63, 3.8) is 0 Å². The Balaban J connectivity index is 1.72. The first-order valence-corrected chi connectivity index (χ1v) is 7.82. The number of nitrogens with zero attached hydrogens (tertiary/aromatic N) is 1. The van der Waals surface area contributed by atoms with Crippen molar-refractivity contribution in [1.29, 1.82) is 0 Å². The first kappa shape index (κ1) is 14.5. The van der Waals surface area contributed by atoms with Crippen LogP contribution in [-0.4, -0.2) is 47.3 Å². The number of ketones is 1. The third-order valence-electron chi connectivity index (χ3n) is 5.27. The molecule has 0 aromatic carbocycles. The Morgan fingerprint density at radius 1 is 1.29 bits per heavy atom. The molecule has 0 aromatic rings. The number of likely N-dealkylation sites (tertiary alicyclic amines) is 1. The summed E-state index contributed by atoms with van der Waals surface area (Å²) in [5.41, 5.74) is 3.94. The van der Waals surface area contributed by atoms with E-state index in [4.69, 9.17) is 10.5 Å². The highest BCUT2D eigenvalue weighted by Gasteiger charge is 2.64. The van der Waals surface area contributed by atoms with Crippen molar-refractivity contribution in [2.24, 2.45) is 11.7 Å². The van der Waals surface area contributed by atoms with Crippen LogP contribution in [0, 0.1) is 5.92 Å². The second-order valence-corrected chi connectivity index (χ2v) is 6.38. The predicted molar refractivity (Wildman–Crippen MR) is 74.2 cm³/mol. The molecule has 3 fully saturated rings. The summed E-state index contributed by atoms with van der Waals surface area (Å²) in [5, 5.41) is 0. The summed E-state index contributed by atoms with van der Waals surface area (Å²) in [6.07, 6.45) is 6.01. The maximum atomic E-state index is 12.5. The van der Waals surface area contributed by atoms with E-state index in [2.05, 4.69) is 0 Å². The first-order valence-electron chi connectivity index (χ1n) is 7.82. The molecule has 2 atom stereocenters. The molecule has 6 heteroatoms. The molecule has 21 heavy (non-hydrogen) atoms. The number of carbonyl (C=O) groups is 3. The Kier molecular flexibility index (Phi) is 3.73. The topological polar surface area (TPSA) is 89.7 Å². The lowest BCUT2D eigenvalue weighted by Crippen LogP contribution is -2.63. The third kappa shape index (κ3) is 2.16. The van der Waals surface area contributed by atoms with E-state index < -0.39 is 17.6 Å². The number of rotatable bonds is 4. The molecule has 116 valence electrons. The van der Waals surface area contributed by atoms with Gasteiger partial charge in [0.1, 0.15) is 6.61 Å². The highest BCUT2D eigenvalue weighted by molar-refractivity contribution is 6.15. The molecule has 2 N–H and O–H groups in total. The van der Waals surface area contributed by atoms with Crippen LogP contribution in [0.1, 0.15) is 44.9 Å². The Morgan fingerprint density at radius 2 is 2.00 bits per heavy atom. The molecule has 1 saturated carbocycles. The second kappa shape index (κ2) is 5.40. The summed E-state index contributed by atoms with van der Waals surface area (Å²) in [7, 11) is 0. The van der Waals surface area contributed by atoms with Crippen molar-refractivity contribution in [3.8, 4) is 0 Å². The minimum atomic E-state index is -1.53. The van der Waals surface area contributed by atoms with Gasteiger partial charge in [-0.1, -0.05) is 25.7 Å². The lowest BCUT2D eigenvalue weighted by atomic mass is 9.89. The SMILES string of the molecule is NC(=O)C12C(=O)CO[C@H]1CCN2C(=O)CCC1CCCC1. The molecule has 6 nitrogen and oxygen atoms in total. The van der Waals surface area contributed by atoms with Crippen LogP contribution >= 0.6 is 0 Å². The number of amides is 2. The van der Waals surface area contributed by atoms with Gasteiger partial charge < -0.3 is 15.4 Å². The van der Waals surface area contributed by atoms with Crippen molar-refractivity contribution in [3.05, 3.63) is 0 Å². The van der Waals surface area contributed by atoms with Gasteiger partial charge in [-0.3, -0.25) is 14.4 Å². The zero-order valence-corrected chi connectivity index (χ0v) is 12.2. The van der Waals surface area contributed by atoms with Gasteiger partial charge in [-0.2, -0.15) is 0 Å². The Labute approximate surface area is 124 Å². The van der Waals surface area contributed by atoms with Crippen LogP contribution in [-0.2, 0) is 19.1 Å². The monoisotopic (exact) mass is 294 g/mol.